The molecule has 0 atom stereocenters. The number of rotatable bonds is 5. The molecule has 2 aromatic carbocycles. The van der Waals surface area contributed by atoms with Crippen molar-refractivity contribution in [3.8, 4) is 11.5 Å². The third kappa shape index (κ3) is 3.51. The van der Waals surface area contributed by atoms with Crippen LogP contribution in [-0.4, -0.2) is 14.2 Å². The van der Waals surface area contributed by atoms with E-state index in [4.69, 9.17) is 9.47 Å². The molecule has 102 valence electrons. The molecule has 0 saturated carbocycles. The minimum absolute atomic E-state index is 0.783. The second kappa shape index (κ2) is 6.62. The maximum atomic E-state index is 5.25. The largest absolute Gasteiger partial charge is 0.497 e. The Morgan fingerprint density at radius 3 is 1.75 bits per heavy atom. The summed E-state index contributed by atoms with van der Waals surface area (Å²) >= 11 is 0. The fourth-order valence-corrected chi connectivity index (χ4v) is 1.86. The van der Waals surface area contributed by atoms with Crippen molar-refractivity contribution in [1.29, 1.82) is 0 Å². The summed E-state index contributed by atoms with van der Waals surface area (Å²) in [5.41, 5.74) is 3.29. The summed E-state index contributed by atoms with van der Waals surface area (Å²) in [5.74, 6) is 1.57. The van der Waals surface area contributed by atoms with Crippen molar-refractivity contribution in [2.24, 2.45) is 0 Å². The first-order chi connectivity index (χ1) is 9.75. The Hall–Kier alpha value is -2.48. The van der Waals surface area contributed by atoms with Crippen molar-refractivity contribution in [1.82, 2.24) is 0 Å². The highest BCUT2D eigenvalue weighted by atomic mass is 16.5. The minimum Gasteiger partial charge on any atom is -0.497 e. The molecule has 0 aliphatic rings. The van der Waals surface area contributed by atoms with Crippen LogP contribution < -0.4 is 9.47 Å². The van der Waals surface area contributed by atoms with Gasteiger partial charge in [0.2, 0.25) is 0 Å². The van der Waals surface area contributed by atoms with Gasteiger partial charge in [0.25, 0.3) is 0 Å². The Labute approximate surface area is 120 Å². The van der Waals surface area contributed by atoms with Gasteiger partial charge in [0, 0.05) is 6.07 Å². The highest BCUT2D eigenvalue weighted by Crippen LogP contribution is 2.23. The normalized spacial score (nSPS) is 10.5. The van der Waals surface area contributed by atoms with E-state index in [-0.39, 0.29) is 0 Å². The van der Waals surface area contributed by atoms with Crippen LogP contribution in [0.25, 0.3) is 18.2 Å². The van der Waals surface area contributed by atoms with E-state index in [1.807, 2.05) is 42.5 Å². The van der Waals surface area contributed by atoms with Gasteiger partial charge in [-0.15, -0.1) is 0 Å². The maximum absolute atomic E-state index is 5.25. The predicted molar refractivity (Wildman–Crippen MR) is 85.0 cm³/mol. The Morgan fingerprint density at radius 1 is 0.750 bits per heavy atom. The summed E-state index contributed by atoms with van der Waals surface area (Å²) in [6, 6.07) is 14.0. The Kier molecular flexibility index (Phi) is 4.61. The lowest BCUT2D eigenvalue weighted by atomic mass is 10.1. The first-order valence-electron chi connectivity index (χ1n) is 6.39. The van der Waals surface area contributed by atoms with Gasteiger partial charge in [-0.1, -0.05) is 49.1 Å². The van der Waals surface area contributed by atoms with E-state index in [1.165, 1.54) is 0 Å². The summed E-state index contributed by atoms with van der Waals surface area (Å²) in [6.07, 6.45) is 5.93. The van der Waals surface area contributed by atoms with Gasteiger partial charge in [0.1, 0.15) is 11.5 Å². The van der Waals surface area contributed by atoms with Crippen molar-refractivity contribution in [3.63, 3.8) is 0 Å². The van der Waals surface area contributed by atoms with Gasteiger partial charge < -0.3 is 9.47 Å². The summed E-state index contributed by atoms with van der Waals surface area (Å²) in [7, 11) is 3.30. The van der Waals surface area contributed by atoms with Gasteiger partial charge in [-0.2, -0.15) is 0 Å². The topological polar surface area (TPSA) is 18.5 Å². The van der Waals surface area contributed by atoms with Crippen molar-refractivity contribution < 1.29 is 9.47 Å². The van der Waals surface area contributed by atoms with Crippen LogP contribution in [0.2, 0.25) is 0 Å². The molecule has 2 rings (SSSR count). The number of hydrogen-bond donors (Lipinski definition) is 0. The molecule has 0 fully saturated rings. The monoisotopic (exact) mass is 266 g/mol. The molecule has 20 heavy (non-hydrogen) atoms. The second-order valence-corrected chi connectivity index (χ2v) is 4.35. The van der Waals surface area contributed by atoms with Crippen molar-refractivity contribution in [2.75, 3.05) is 14.2 Å². The molecule has 2 nitrogen and oxygen atoms in total. The zero-order valence-corrected chi connectivity index (χ0v) is 11.8. The van der Waals surface area contributed by atoms with Crippen molar-refractivity contribution >= 4 is 18.2 Å². The molecule has 0 radical (unpaired) electrons. The van der Waals surface area contributed by atoms with E-state index in [9.17, 15) is 0 Å². The van der Waals surface area contributed by atoms with Crippen LogP contribution >= 0.6 is 0 Å². The van der Waals surface area contributed by atoms with Crippen LogP contribution in [0.15, 0.2) is 49.0 Å². The average Bonchev–Trinajstić information content (AvgIpc) is 2.53. The zero-order valence-electron chi connectivity index (χ0n) is 11.8. The van der Waals surface area contributed by atoms with Crippen LogP contribution in [0, 0.1) is 0 Å². The SMILES string of the molecule is C=Cc1ccc(/C=C/c2cc(OC)cc(OC)c2)cc1. The van der Waals surface area contributed by atoms with Gasteiger partial charge in [-0.05, 0) is 28.8 Å². The first-order valence-corrected chi connectivity index (χ1v) is 6.39. The molecule has 0 bridgehead atoms. The molecule has 0 aromatic heterocycles. The van der Waals surface area contributed by atoms with Crippen LogP contribution in [0.5, 0.6) is 11.5 Å². The lowest BCUT2D eigenvalue weighted by Gasteiger charge is -2.05. The van der Waals surface area contributed by atoms with Gasteiger partial charge in [0.15, 0.2) is 0 Å². The minimum atomic E-state index is 0.783. The molecule has 0 unspecified atom stereocenters. The molecule has 0 saturated heterocycles. The average molecular weight is 266 g/mol. The number of ether oxygens (including phenoxy) is 2. The van der Waals surface area contributed by atoms with Crippen LogP contribution in [0.4, 0.5) is 0 Å². The molecule has 0 aliphatic carbocycles. The molecule has 0 heterocycles. The summed E-state index contributed by atoms with van der Waals surface area (Å²) < 4.78 is 10.5. The lowest BCUT2D eigenvalue weighted by molar-refractivity contribution is 0.394. The van der Waals surface area contributed by atoms with E-state index >= 15 is 0 Å². The fraction of sp³-hybridized carbons (Fsp3) is 0.111. The van der Waals surface area contributed by atoms with E-state index < -0.39 is 0 Å². The highest BCUT2D eigenvalue weighted by Gasteiger charge is 1.99. The van der Waals surface area contributed by atoms with Crippen molar-refractivity contribution in [2.45, 2.75) is 0 Å². The van der Waals surface area contributed by atoms with Gasteiger partial charge >= 0.3 is 0 Å². The number of hydrogen-bond acceptors (Lipinski definition) is 2. The van der Waals surface area contributed by atoms with E-state index in [2.05, 4.69) is 24.8 Å². The quantitative estimate of drug-likeness (QED) is 0.741. The van der Waals surface area contributed by atoms with Crippen molar-refractivity contribution in [3.05, 3.63) is 65.7 Å². The predicted octanol–water partition coefficient (Wildman–Crippen LogP) is 4.52. The first kappa shape index (κ1) is 13.9. The lowest BCUT2D eigenvalue weighted by Crippen LogP contribution is -1.88. The van der Waals surface area contributed by atoms with E-state index in [0.717, 1.165) is 28.2 Å². The van der Waals surface area contributed by atoms with Crippen LogP contribution in [0.1, 0.15) is 16.7 Å². The van der Waals surface area contributed by atoms with Crippen LogP contribution in [-0.2, 0) is 0 Å². The Bertz CT molecular complexity index is 588. The summed E-state index contributed by atoms with van der Waals surface area (Å²) in [5, 5.41) is 0. The summed E-state index contributed by atoms with van der Waals surface area (Å²) in [4.78, 5) is 0. The van der Waals surface area contributed by atoms with Gasteiger partial charge in [-0.25, -0.2) is 0 Å². The van der Waals surface area contributed by atoms with E-state index in [0.29, 0.717) is 0 Å². The maximum Gasteiger partial charge on any atom is 0.123 e. The third-order valence-corrected chi connectivity index (χ3v) is 3.01. The molecular weight excluding hydrogens is 248 g/mol. The van der Waals surface area contributed by atoms with Gasteiger partial charge in [-0.3, -0.25) is 0 Å². The fourth-order valence-electron chi connectivity index (χ4n) is 1.86. The summed E-state index contributed by atoms with van der Waals surface area (Å²) in [6.45, 7) is 3.75. The molecule has 0 amide bonds. The Morgan fingerprint density at radius 2 is 1.25 bits per heavy atom. The standard InChI is InChI=1S/C18H18O2/c1-4-14-5-7-15(8-6-14)9-10-16-11-17(19-2)13-18(12-16)20-3/h4-13H,1H2,2-3H3/b10-9+. The highest BCUT2D eigenvalue weighted by molar-refractivity contribution is 5.71. The smallest absolute Gasteiger partial charge is 0.123 e. The van der Waals surface area contributed by atoms with Crippen LogP contribution in [0.3, 0.4) is 0 Å². The Balaban J connectivity index is 2.23. The molecule has 0 spiro atoms. The molecule has 2 heteroatoms. The molecule has 0 aliphatic heterocycles. The molecular formula is C18H18O2. The van der Waals surface area contributed by atoms with Gasteiger partial charge in [0.05, 0.1) is 14.2 Å². The second-order valence-electron chi connectivity index (χ2n) is 4.35. The number of methoxy groups -OCH3 is 2. The third-order valence-electron chi connectivity index (χ3n) is 3.01. The van der Waals surface area contributed by atoms with E-state index in [1.54, 1.807) is 14.2 Å². The number of benzene rings is 2. The molecule has 2 aromatic rings. The molecule has 0 N–H and O–H groups in total. The zero-order chi connectivity index (χ0) is 14.4.